The second-order valence-corrected chi connectivity index (χ2v) is 6.14. The second-order valence-electron chi connectivity index (χ2n) is 3.86. The fourth-order valence-corrected chi connectivity index (χ4v) is 4.35. The van der Waals surface area contributed by atoms with Crippen molar-refractivity contribution < 1.29 is 0 Å². The van der Waals surface area contributed by atoms with E-state index in [-0.39, 0.29) is 6.04 Å². The highest BCUT2D eigenvalue weighted by Gasteiger charge is 2.18. The molecule has 2 heterocycles. The standard InChI is InChI=1S/C12H16N2S2/c1-2-3-4-10(14-13)12-7-9-8-15-6-5-11(9)16-12/h1,7,10,14H,3-6,8,13H2. The molecule has 0 fully saturated rings. The topological polar surface area (TPSA) is 38.0 Å². The summed E-state index contributed by atoms with van der Waals surface area (Å²) in [5.41, 5.74) is 4.37. The quantitative estimate of drug-likeness (QED) is 0.491. The summed E-state index contributed by atoms with van der Waals surface area (Å²) in [6.45, 7) is 0. The van der Waals surface area contributed by atoms with Crippen molar-refractivity contribution >= 4 is 23.1 Å². The summed E-state index contributed by atoms with van der Waals surface area (Å²) in [4.78, 5) is 2.87. The Hall–Kier alpha value is -0.470. The van der Waals surface area contributed by atoms with E-state index in [9.17, 15) is 0 Å². The molecule has 1 aliphatic rings. The van der Waals surface area contributed by atoms with Gasteiger partial charge in [-0.1, -0.05) is 0 Å². The first-order chi connectivity index (χ1) is 7.85. The van der Waals surface area contributed by atoms with E-state index in [1.54, 1.807) is 0 Å². The highest BCUT2D eigenvalue weighted by Crippen LogP contribution is 2.35. The number of nitrogens with one attached hydrogen (secondary N) is 1. The Labute approximate surface area is 105 Å². The van der Waals surface area contributed by atoms with Crippen molar-refractivity contribution in [2.75, 3.05) is 5.75 Å². The molecular formula is C12H16N2S2. The van der Waals surface area contributed by atoms with Crippen molar-refractivity contribution in [3.8, 4) is 12.3 Å². The minimum Gasteiger partial charge on any atom is -0.271 e. The van der Waals surface area contributed by atoms with Crippen molar-refractivity contribution in [1.82, 2.24) is 5.43 Å². The van der Waals surface area contributed by atoms with E-state index < -0.39 is 0 Å². The lowest BCUT2D eigenvalue weighted by Crippen LogP contribution is -2.27. The Morgan fingerprint density at radius 3 is 3.19 bits per heavy atom. The van der Waals surface area contributed by atoms with Gasteiger partial charge in [-0.25, -0.2) is 0 Å². The first-order valence-electron chi connectivity index (χ1n) is 5.44. The number of thioether (sulfide) groups is 1. The van der Waals surface area contributed by atoms with Crippen LogP contribution in [0.3, 0.4) is 0 Å². The molecule has 1 unspecified atom stereocenters. The van der Waals surface area contributed by atoms with Gasteiger partial charge in [0.15, 0.2) is 0 Å². The molecular weight excluding hydrogens is 236 g/mol. The van der Waals surface area contributed by atoms with Crippen LogP contribution < -0.4 is 11.3 Å². The van der Waals surface area contributed by atoms with Crippen molar-refractivity contribution in [2.45, 2.75) is 31.1 Å². The molecule has 3 N–H and O–H groups in total. The van der Waals surface area contributed by atoms with Gasteiger partial charge in [-0.05, 0) is 30.2 Å². The number of fused-ring (bicyclic) bond motifs is 1. The number of nitrogens with two attached hydrogens (primary N) is 1. The van der Waals surface area contributed by atoms with E-state index in [0.717, 1.165) is 18.6 Å². The zero-order chi connectivity index (χ0) is 11.4. The first kappa shape index (κ1) is 12.0. The van der Waals surface area contributed by atoms with Crippen LogP contribution >= 0.6 is 23.1 Å². The lowest BCUT2D eigenvalue weighted by Gasteiger charge is -2.11. The molecule has 16 heavy (non-hydrogen) atoms. The van der Waals surface area contributed by atoms with Gasteiger partial charge in [-0.2, -0.15) is 11.8 Å². The van der Waals surface area contributed by atoms with Crippen LogP contribution in [-0.2, 0) is 12.2 Å². The highest BCUT2D eigenvalue weighted by atomic mass is 32.2. The van der Waals surface area contributed by atoms with E-state index in [0.29, 0.717) is 0 Å². The number of rotatable bonds is 4. The molecule has 0 saturated heterocycles. The molecule has 1 atom stereocenters. The SMILES string of the molecule is C#CCCC(NN)c1cc2c(s1)CCSC2. The van der Waals surface area contributed by atoms with Crippen molar-refractivity contribution in [3.63, 3.8) is 0 Å². The third kappa shape index (κ3) is 2.61. The maximum atomic E-state index is 5.59. The van der Waals surface area contributed by atoms with E-state index in [1.807, 2.05) is 23.1 Å². The van der Waals surface area contributed by atoms with Gasteiger partial charge >= 0.3 is 0 Å². The van der Waals surface area contributed by atoms with Gasteiger partial charge < -0.3 is 0 Å². The van der Waals surface area contributed by atoms with Gasteiger partial charge in [0.25, 0.3) is 0 Å². The molecule has 2 nitrogen and oxygen atoms in total. The number of aryl methyl sites for hydroxylation is 1. The first-order valence-corrected chi connectivity index (χ1v) is 7.41. The predicted molar refractivity (Wildman–Crippen MR) is 72.3 cm³/mol. The molecule has 0 spiro atoms. The van der Waals surface area contributed by atoms with Crippen LogP contribution in [0.1, 0.15) is 34.2 Å². The largest absolute Gasteiger partial charge is 0.271 e. The van der Waals surface area contributed by atoms with Crippen LogP contribution in [0.25, 0.3) is 0 Å². The molecule has 1 aliphatic heterocycles. The summed E-state index contributed by atoms with van der Waals surface area (Å²) in [6, 6.07) is 2.52. The highest BCUT2D eigenvalue weighted by molar-refractivity contribution is 7.98. The summed E-state index contributed by atoms with van der Waals surface area (Å²) in [7, 11) is 0. The average Bonchev–Trinajstić information content (AvgIpc) is 2.73. The van der Waals surface area contributed by atoms with Crippen LogP contribution in [-0.4, -0.2) is 5.75 Å². The number of thiophene rings is 1. The van der Waals surface area contributed by atoms with Crippen LogP contribution in [0.2, 0.25) is 0 Å². The van der Waals surface area contributed by atoms with Crippen LogP contribution in [0.5, 0.6) is 0 Å². The molecule has 2 rings (SSSR count). The number of hydrogen-bond donors (Lipinski definition) is 2. The normalized spacial score (nSPS) is 16.5. The van der Waals surface area contributed by atoms with Gasteiger partial charge in [0.1, 0.15) is 0 Å². The molecule has 0 aromatic carbocycles. The molecule has 0 aliphatic carbocycles. The molecule has 86 valence electrons. The van der Waals surface area contributed by atoms with E-state index in [2.05, 4.69) is 17.4 Å². The molecule has 4 heteroatoms. The summed E-state index contributed by atoms with van der Waals surface area (Å²) < 4.78 is 0. The van der Waals surface area contributed by atoms with Gasteiger partial charge in [-0.3, -0.25) is 11.3 Å². The lowest BCUT2D eigenvalue weighted by molar-refractivity contribution is 0.532. The van der Waals surface area contributed by atoms with E-state index in [4.69, 9.17) is 12.3 Å². The zero-order valence-electron chi connectivity index (χ0n) is 9.16. The van der Waals surface area contributed by atoms with Crippen molar-refractivity contribution in [2.24, 2.45) is 5.84 Å². The Kier molecular flexibility index (Phi) is 4.30. The Balaban J connectivity index is 2.12. The predicted octanol–water partition coefficient (Wildman–Crippen LogP) is 2.46. The molecule has 0 bridgehead atoms. The monoisotopic (exact) mass is 252 g/mol. The Bertz CT molecular complexity index is 369. The third-order valence-electron chi connectivity index (χ3n) is 2.77. The fourth-order valence-electron chi connectivity index (χ4n) is 1.88. The van der Waals surface area contributed by atoms with Gasteiger partial charge in [0.2, 0.25) is 0 Å². The Morgan fingerprint density at radius 2 is 2.50 bits per heavy atom. The molecule has 0 radical (unpaired) electrons. The average molecular weight is 252 g/mol. The lowest BCUT2D eigenvalue weighted by atomic mass is 10.1. The number of terminal acetylenes is 1. The third-order valence-corrected chi connectivity index (χ3v) is 5.13. The maximum Gasteiger partial charge on any atom is 0.0562 e. The molecule has 1 aromatic heterocycles. The van der Waals surface area contributed by atoms with Crippen molar-refractivity contribution in [3.05, 3.63) is 21.4 Å². The maximum absolute atomic E-state index is 5.59. The van der Waals surface area contributed by atoms with Gasteiger partial charge in [0.05, 0.1) is 6.04 Å². The second kappa shape index (κ2) is 5.74. The van der Waals surface area contributed by atoms with Crippen LogP contribution in [0.15, 0.2) is 6.07 Å². The minimum atomic E-state index is 0.219. The van der Waals surface area contributed by atoms with Gasteiger partial charge in [0, 0.05) is 21.9 Å². The molecule has 1 aromatic rings. The smallest absolute Gasteiger partial charge is 0.0562 e. The summed E-state index contributed by atoms with van der Waals surface area (Å²) >= 11 is 3.90. The molecule has 0 saturated carbocycles. The number of hydrazine groups is 1. The summed E-state index contributed by atoms with van der Waals surface area (Å²) in [5, 5.41) is 0. The Morgan fingerprint density at radius 1 is 1.62 bits per heavy atom. The van der Waals surface area contributed by atoms with Crippen molar-refractivity contribution in [1.29, 1.82) is 0 Å². The summed E-state index contributed by atoms with van der Waals surface area (Å²) in [5.74, 6) is 10.7. The van der Waals surface area contributed by atoms with E-state index >= 15 is 0 Å². The summed E-state index contributed by atoms with van der Waals surface area (Å²) in [6.07, 6.45) is 8.18. The minimum absolute atomic E-state index is 0.219. The van der Waals surface area contributed by atoms with E-state index in [1.165, 1.54) is 27.5 Å². The van der Waals surface area contributed by atoms with Crippen LogP contribution in [0.4, 0.5) is 0 Å². The molecule has 0 amide bonds. The van der Waals surface area contributed by atoms with Gasteiger partial charge in [-0.15, -0.1) is 23.7 Å². The van der Waals surface area contributed by atoms with Crippen LogP contribution in [0, 0.1) is 12.3 Å². The fraction of sp³-hybridized carbons (Fsp3) is 0.500. The number of hydrogen-bond acceptors (Lipinski definition) is 4. The zero-order valence-corrected chi connectivity index (χ0v) is 10.8.